The Labute approximate surface area is 152 Å². The number of anilines is 2. The lowest BCUT2D eigenvalue weighted by molar-refractivity contribution is -0.126. The lowest BCUT2D eigenvalue weighted by Gasteiger charge is -2.22. The lowest BCUT2D eigenvalue weighted by atomic mass is 9.98. The van der Waals surface area contributed by atoms with Gasteiger partial charge in [0.2, 0.25) is 11.8 Å². The van der Waals surface area contributed by atoms with Crippen LogP contribution in [0.4, 0.5) is 16.2 Å². The average Bonchev–Trinajstić information content (AvgIpc) is 2.55. The second-order valence-corrected chi connectivity index (χ2v) is 7.07. The number of piperidine rings is 1. The van der Waals surface area contributed by atoms with Gasteiger partial charge >= 0.3 is 6.09 Å². The van der Waals surface area contributed by atoms with Crippen LogP contribution in [0.3, 0.4) is 0 Å². The molecule has 1 saturated heterocycles. The molecule has 0 bridgehead atoms. The van der Waals surface area contributed by atoms with Crippen LogP contribution < -0.4 is 20.7 Å². The van der Waals surface area contributed by atoms with Crippen molar-refractivity contribution in [3.63, 3.8) is 0 Å². The number of carbonyl (C=O) groups is 3. The fourth-order valence-corrected chi connectivity index (χ4v) is 2.49. The zero-order valence-corrected chi connectivity index (χ0v) is 15.5. The number of rotatable bonds is 4. The summed E-state index contributed by atoms with van der Waals surface area (Å²) in [6.07, 6.45) is 0.276. The number of ether oxygens (including phenoxy) is 2. The summed E-state index contributed by atoms with van der Waals surface area (Å²) in [7, 11) is 1.47. The maximum Gasteiger partial charge on any atom is 0.412 e. The highest BCUT2D eigenvalue weighted by Gasteiger charge is 2.24. The lowest BCUT2D eigenvalue weighted by Crippen LogP contribution is -2.40. The Kier molecular flexibility index (Phi) is 6.07. The third-order valence-corrected chi connectivity index (χ3v) is 3.74. The van der Waals surface area contributed by atoms with E-state index in [9.17, 15) is 14.4 Å². The smallest absolute Gasteiger partial charge is 0.412 e. The number of carbonyl (C=O) groups excluding carboxylic acids is 3. The Bertz CT molecular complexity index is 687. The molecule has 3 N–H and O–H groups in total. The first kappa shape index (κ1) is 19.6. The van der Waals surface area contributed by atoms with E-state index in [2.05, 4.69) is 16.0 Å². The first-order valence-electron chi connectivity index (χ1n) is 8.43. The van der Waals surface area contributed by atoms with Gasteiger partial charge in [-0.05, 0) is 39.3 Å². The highest BCUT2D eigenvalue weighted by molar-refractivity contribution is 5.95. The fraction of sp³-hybridized carbons (Fsp3) is 0.500. The molecule has 1 atom stereocenters. The van der Waals surface area contributed by atoms with Gasteiger partial charge in [0.15, 0.2) is 0 Å². The zero-order chi connectivity index (χ0) is 19.3. The second kappa shape index (κ2) is 8.07. The minimum absolute atomic E-state index is 0.0340. The van der Waals surface area contributed by atoms with E-state index in [1.807, 2.05) is 0 Å². The van der Waals surface area contributed by atoms with Crippen molar-refractivity contribution in [1.82, 2.24) is 5.32 Å². The molecule has 8 heteroatoms. The van der Waals surface area contributed by atoms with Crippen molar-refractivity contribution in [3.05, 3.63) is 18.2 Å². The van der Waals surface area contributed by atoms with Crippen molar-refractivity contribution in [2.24, 2.45) is 5.92 Å². The van der Waals surface area contributed by atoms with Crippen molar-refractivity contribution in [1.29, 1.82) is 0 Å². The quantitative estimate of drug-likeness (QED) is 0.762. The summed E-state index contributed by atoms with van der Waals surface area (Å²) in [6.45, 7) is 5.66. The van der Waals surface area contributed by atoms with Crippen LogP contribution in [-0.2, 0) is 14.3 Å². The Morgan fingerprint density at radius 3 is 2.54 bits per heavy atom. The van der Waals surface area contributed by atoms with Gasteiger partial charge < -0.3 is 20.1 Å². The van der Waals surface area contributed by atoms with E-state index < -0.39 is 11.7 Å². The van der Waals surface area contributed by atoms with E-state index in [-0.39, 0.29) is 17.7 Å². The number of amides is 3. The summed E-state index contributed by atoms with van der Waals surface area (Å²) in [4.78, 5) is 35.4. The van der Waals surface area contributed by atoms with Crippen molar-refractivity contribution in [2.45, 2.75) is 39.2 Å². The number of hydrogen-bond acceptors (Lipinski definition) is 5. The molecule has 1 heterocycles. The van der Waals surface area contributed by atoms with E-state index >= 15 is 0 Å². The second-order valence-electron chi connectivity index (χ2n) is 7.07. The van der Waals surface area contributed by atoms with Gasteiger partial charge in [0, 0.05) is 24.7 Å². The van der Waals surface area contributed by atoms with Gasteiger partial charge in [-0.2, -0.15) is 0 Å². The van der Waals surface area contributed by atoms with E-state index in [0.29, 0.717) is 36.5 Å². The number of benzene rings is 1. The molecule has 1 aromatic rings. The number of nitrogens with one attached hydrogen (secondary N) is 3. The maximum atomic E-state index is 12.3. The van der Waals surface area contributed by atoms with Gasteiger partial charge in [-0.3, -0.25) is 14.9 Å². The molecule has 0 spiro atoms. The van der Waals surface area contributed by atoms with E-state index in [0.717, 1.165) is 0 Å². The van der Waals surface area contributed by atoms with Gasteiger partial charge in [0.25, 0.3) is 0 Å². The minimum atomic E-state index is -0.610. The monoisotopic (exact) mass is 363 g/mol. The Balaban J connectivity index is 2.02. The number of methoxy groups -OCH3 is 1. The Morgan fingerprint density at radius 2 is 1.96 bits per heavy atom. The predicted molar refractivity (Wildman–Crippen MR) is 97.2 cm³/mol. The van der Waals surface area contributed by atoms with Crippen LogP contribution >= 0.6 is 0 Å². The topological polar surface area (TPSA) is 106 Å². The Hall–Kier alpha value is -2.77. The van der Waals surface area contributed by atoms with Gasteiger partial charge in [0.05, 0.1) is 18.7 Å². The molecule has 1 aliphatic rings. The predicted octanol–water partition coefficient (Wildman–Crippen LogP) is 2.51. The number of hydrogen-bond donors (Lipinski definition) is 3. The molecule has 3 amide bonds. The Morgan fingerprint density at radius 1 is 1.23 bits per heavy atom. The molecule has 0 unspecified atom stereocenters. The molecule has 0 radical (unpaired) electrons. The average molecular weight is 363 g/mol. The van der Waals surface area contributed by atoms with E-state index in [1.165, 1.54) is 7.11 Å². The van der Waals surface area contributed by atoms with Crippen LogP contribution in [-0.4, -0.2) is 37.2 Å². The summed E-state index contributed by atoms with van der Waals surface area (Å²) < 4.78 is 10.5. The fourth-order valence-electron chi connectivity index (χ4n) is 2.49. The molecule has 26 heavy (non-hydrogen) atoms. The molecular formula is C18H25N3O5. The van der Waals surface area contributed by atoms with Gasteiger partial charge in [-0.25, -0.2) is 4.79 Å². The van der Waals surface area contributed by atoms with Crippen LogP contribution in [0.1, 0.15) is 33.6 Å². The van der Waals surface area contributed by atoms with E-state index in [1.54, 1.807) is 39.0 Å². The SMILES string of the molecule is COc1cc(NC(=O)[C@@H]2CCC(=O)NC2)ccc1NC(=O)OC(C)(C)C. The van der Waals surface area contributed by atoms with Gasteiger partial charge in [0.1, 0.15) is 11.4 Å². The molecule has 8 nitrogen and oxygen atoms in total. The minimum Gasteiger partial charge on any atom is -0.494 e. The van der Waals surface area contributed by atoms with Crippen molar-refractivity contribution in [3.8, 4) is 5.75 Å². The summed E-state index contributed by atoms with van der Waals surface area (Å²) in [5.74, 6) is -0.0722. The molecule has 0 aromatic heterocycles. The van der Waals surface area contributed by atoms with Crippen molar-refractivity contribution >= 4 is 29.3 Å². The normalized spacial score (nSPS) is 17.1. The molecule has 2 rings (SSSR count). The largest absolute Gasteiger partial charge is 0.494 e. The molecular weight excluding hydrogens is 338 g/mol. The maximum absolute atomic E-state index is 12.3. The van der Waals surface area contributed by atoms with Crippen LogP contribution in [0.25, 0.3) is 0 Å². The van der Waals surface area contributed by atoms with Crippen LogP contribution in [0, 0.1) is 5.92 Å². The van der Waals surface area contributed by atoms with Crippen LogP contribution in [0.5, 0.6) is 5.75 Å². The summed E-state index contributed by atoms with van der Waals surface area (Å²) in [5.41, 5.74) is 0.365. The standard InChI is InChI=1S/C18H25N3O5/c1-18(2,3)26-17(24)21-13-7-6-12(9-14(13)25-4)20-16(23)11-5-8-15(22)19-10-11/h6-7,9,11H,5,8,10H2,1-4H3,(H,19,22)(H,20,23)(H,21,24)/t11-/m1/s1. The first-order valence-corrected chi connectivity index (χ1v) is 8.43. The highest BCUT2D eigenvalue weighted by atomic mass is 16.6. The molecule has 0 saturated carbocycles. The molecule has 0 aliphatic carbocycles. The third kappa shape index (κ3) is 5.65. The third-order valence-electron chi connectivity index (χ3n) is 3.74. The van der Waals surface area contributed by atoms with Crippen molar-refractivity contribution < 1.29 is 23.9 Å². The first-order chi connectivity index (χ1) is 12.2. The molecule has 1 aromatic carbocycles. The van der Waals surface area contributed by atoms with Crippen LogP contribution in [0.2, 0.25) is 0 Å². The molecule has 142 valence electrons. The van der Waals surface area contributed by atoms with Crippen LogP contribution in [0.15, 0.2) is 18.2 Å². The summed E-state index contributed by atoms with van der Waals surface area (Å²) in [6, 6.07) is 4.90. The summed E-state index contributed by atoms with van der Waals surface area (Å²) in [5, 5.41) is 8.11. The molecule has 1 fully saturated rings. The zero-order valence-electron chi connectivity index (χ0n) is 15.5. The summed E-state index contributed by atoms with van der Waals surface area (Å²) >= 11 is 0. The highest BCUT2D eigenvalue weighted by Crippen LogP contribution is 2.29. The van der Waals surface area contributed by atoms with Gasteiger partial charge in [-0.1, -0.05) is 0 Å². The molecule has 1 aliphatic heterocycles. The van der Waals surface area contributed by atoms with Gasteiger partial charge in [-0.15, -0.1) is 0 Å². The van der Waals surface area contributed by atoms with E-state index in [4.69, 9.17) is 9.47 Å². The van der Waals surface area contributed by atoms with Crippen molar-refractivity contribution in [2.75, 3.05) is 24.3 Å².